The molecular formula is C21H16N4O5. The van der Waals surface area contributed by atoms with Crippen molar-refractivity contribution in [3.05, 3.63) is 76.7 Å². The molecule has 0 saturated carbocycles. The molecule has 0 fully saturated rings. The summed E-state index contributed by atoms with van der Waals surface area (Å²) in [6.07, 6.45) is 1.14. The first-order valence-corrected chi connectivity index (χ1v) is 8.90. The first kappa shape index (κ1) is 19.1. The van der Waals surface area contributed by atoms with Crippen LogP contribution in [-0.4, -0.2) is 27.0 Å². The second kappa shape index (κ2) is 8.00. The van der Waals surface area contributed by atoms with Crippen molar-refractivity contribution < 1.29 is 19.1 Å². The summed E-state index contributed by atoms with van der Waals surface area (Å²) in [5, 5.41) is 12.6. The van der Waals surface area contributed by atoms with Crippen molar-refractivity contribution in [3.63, 3.8) is 0 Å². The molecule has 9 heteroatoms. The minimum Gasteiger partial charge on any atom is -0.497 e. The van der Waals surface area contributed by atoms with E-state index in [1.54, 1.807) is 43.5 Å². The van der Waals surface area contributed by atoms with Crippen LogP contribution in [0.15, 0.2) is 60.9 Å². The van der Waals surface area contributed by atoms with Crippen molar-refractivity contribution in [2.24, 2.45) is 0 Å². The lowest BCUT2D eigenvalue weighted by atomic mass is 10.2. The molecule has 2 heterocycles. The van der Waals surface area contributed by atoms with Crippen LogP contribution in [0.1, 0.15) is 5.69 Å². The van der Waals surface area contributed by atoms with E-state index < -0.39 is 10.6 Å². The van der Waals surface area contributed by atoms with Crippen LogP contribution in [0.2, 0.25) is 0 Å². The van der Waals surface area contributed by atoms with Gasteiger partial charge in [-0.1, -0.05) is 18.2 Å². The molecule has 0 bridgehead atoms. The van der Waals surface area contributed by atoms with Gasteiger partial charge in [-0.2, -0.15) is 9.97 Å². The van der Waals surface area contributed by atoms with Gasteiger partial charge in [-0.15, -0.1) is 0 Å². The van der Waals surface area contributed by atoms with Gasteiger partial charge < -0.3 is 14.2 Å². The molecule has 0 saturated heterocycles. The number of ether oxygens (including phenoxy) is 3. The molecule has 4 aromatic rings. The third kappa shape index (κ3) is 3.81. The van der Waals surface area contributed by atoms with E-state index in [0.29, 0.717) is 22.8 Å². The molecule has 0 radical (unpaired) electrons. The number of nitro groups is 1. The maximum Gasteiger partial charge on any atom is 0.393 e. The standard InChI is InChI=1S/C21H16N4O5/c1-13-6-7-14-4-3-5-17(18(14)24-13)30-21-19(25(26)27)20(22-12-23-21)29-16-10-8-15(28-2)9-11-16/h3-12H,1-2H3. The number of benzene rings is 2. The highest BCUT2D eigenvalue weighted by molar-refractivity contribution is 5.85. The second-order valence-electron chi connectivity index (χ2n) is 6.25. The summed E-state index contributed by atoms with van der Waals surface area (Å²) in [5.41, 5.74) is 0.875. The van der Waals surface area contributed by atoms with Gasteiger partial charge in [0.15, 0.2) is 5.75 Å². The van der Waals surface area contributed by atoms with Crippen molar-refractivity contribution in [2.45, 2.75) is 6.92 Å². The Balaban J connectivity index is 1.73. The number of hydrogen-bond donors (Lipinski definition) is 0. The molecule has 0 aliphatic carbocycles. The number of fused-ring (bicyclic) bond motifs is 1. The molecule has 0 unspecified atom stereocenters. The second-order valence-corrected chi connectivity index (χ2v) is 6.25. The monoisotopic (exact) mass is 404 g/mol. The molecule has 0 N–H and O–H groups in total. The molecular weight excluding hydrogens is 388 g/mol. The summed E-state index contributed by atoms with van der Waals surface area (Å²) in [5.74, 6) is 0.843. The molecule has 4 rings (SSSR count). The lowest BCUT2D eigenvalue weighted by Crippen LogP contribution is -2.01. The Hall–Kier alpha value is -4.27. The first-order valence-electron chi connectivity index (χ1n) is 8.90. The molecule has 0 aliphatic rings. The lowest BCUT2D eigenvalue weighted by Gasteiger charge is -2.10. The van der Waals surface area contributed by atoms with Gasteiger partial charge in [0.05, 0.1) is 12.0 Å². The normalized spacial score (nSPS) is 10.6. The van der Waals surface area contributed by atoms with Crippen LogP contribution in [-0.2, 0) is 0 Å². The fourth-order valence-corrected chi connectivity index (χ4v) is 2.81. The number of aromatic nitrogens is 3. The van der Waals surface area contributed by atoms with E-state index in [2.05, 4.69) is 15.0 Å². The smallest absolute Gasteiger partial charge is 0.393 e. The van der Waals surface area contributed by atoms with Gasteiger partial charge in [-0.3, -0.25) is 10.1 Å². The molecule has 2 aromatic heterocycles. The van der Waals surface area contributed by atoms with Crippen molar-refractivity contribution in [1.82, 2.24) is 15.0 Å². The van der Waals surface area contributed by atoms with Crippen LogP contribution in [0.4, 0.5) is 5.69 Å². The van der Waals surface area contributed by atoms with Crippen molar-refractivity contribution >= 4 is 16.6 Å². The minimum atomic E-state index is -0.641. The van der Waals surface area contributed by atoms with E-state index in [-0.39, 0.29) is 11.8 Å². The van der Waals surface area contributed by atoms with E-state index in [1.165, 1.54) is 0 Å². The van der Waals surface area contributed by atoms with Crippen LogP contribution in [0, 0.1) is 17.0 Å². The zero-order valence-electron chi connectivity index (χ0n) is 16.1. The Morgan fingerprint density at radius 1 is 0.900 bits per heavy atom. The summed E-state index contributed by atoms with van der Waals surface area (Å²) < 4.78 is 16.5. The van der Waals surface area contributed by atoms with E-state index in [1.807, 2.05) is 25.1 Å². The number of methoxy groups -OCH3 is 1. The summed E-state index contributed by atoms with van der Waals surface area (Å²) >= 11 is 0. The topological polar surface area (TPSA) is 110 Å². The predicted octanol–water partition coefficient (Wildman–Crippen LogP) is 4.83. The first-order chi connectivity index (χ1) is 14.5. The number of rotatable bonds is 6. The van der Waals surface area contributed by atoms with Crippen LogP contribution in [0.3, 0.4) is 0 Å². The fourth-order valence-electron chi connectivity index (χ4n) is 2.81. The lowest BCUT2D eigenvalue weighted by molar-refractivity contribution is -0.387. The third-order valence-corrected chi connectivity index (χ3v) is 4.24. The SMILES string of the molecule is COc1ccc(Oc2ncnc(Oc3cccc4ccc(C)nc34)c2[N+](=O)[O-])cc1. The van der Waals surface area contributed by atoms with Gasteiger partial charge in [0.1, 0.15) is 23.3 Å². The Labute approximate surface area is 171 Å². The number of pyridine rings is 1. The highest BCUT2D eigenvalue weighted by Gasteiger charge is 2.27. The van der Waals surface area contributed by atoms with Crippen molar-refractivity contribution in [3.8, 4) is 29.0 Å². The fraction of sp³-hybridized carbons (Fsp3) is 0.0952. The minimum absolute atomic E-state index is 0.237. The molecule has 2 aromatic carbocycles. The van der Waals surface area contributed by atoms with Gasteiger partial charge in [-0.05, 0) is 43.3 Å². The molecule has 0 spiro atoms. The van der Waals surface area contributed by atoms with Crippen LogP contribution in [0.5, 0.6) is 29.0 Å². The Bertz CT molecular complexity index is 1230. The molecule has 0 aliphatic heterocycles. The van der Waals surface area contributed by atoms with Crippen LogP contribution >= 0.6 is 0 Å². The Kier molecular flexibility index (Phi) is 5.08. The van der Waals surface area contributed by atoms with E-state index >= 15 is 0 Å². The number of hydrogen-bond acceptors (Lipinski definition) is 8. The van der Waals surface area contributed by atoms with Gasteiger partial charge in [-0.25, -0.2) is 4.98 Å². The predicted molar refractivity (Wildman–Crippen MR) is 108 cm³/mol. The summed E-state index contributed by atoms with van der Waals surface area (Å²) in [4.78, 5) is 23.5. The summed E-state index contributed by atoms with van der Waals surface area (Å²) in [6, 6.07) is 15.7. The Morgan fingerprint density at radius 3 is 2.30 bits per heavy atom. The highest BCUT2D eigenvalue weighted by Crippen LogP contribution is 2.39. The summed E-state index contributed by atoms with van der Waals surface area (Å²) in [6.45, 7) is 1.85. The zero-order chi connectivity index (χ0) is 21.1. The quantitative estimate of drug-likeness (QED) is 0.332. The van der Waals surface area contributed by atoms with Crippen LogP contribution in [0.25, 0.3) is 10.9 Å². The van der Waals surface area contributed by atoms with Crippen molar-refractivity contribution in [1.29, 1.82) is 0 Å². The van der Waals surface area contributed by atoms with Crippen molar-refractivity contribution in [2.75, 3.05) is 7.11 Å². The maximum absolute atomic E-state index is 11.8. The number of nitrogens with zero attached hydrogens (tertiary/aromatic N) is 4. The Morgan fingerprint density at radius 2 is 1.60 bits per heavy atom. The maximum atomic E-state index is 11.8. The number of aryl methyl sites for hydroxylation is 1. The largest absolute Gasteiger partial charge is 0.497 e. The van der Waals surface area contributed by atoms with Gasteiger partial charge in [0, 0.05) is 11.1 Å². The zero-order valence-corrected chi connectivity index (χ0v) is 16.1. The average molecular weight is 404 g/mol. The van der Waals surface area contributed by atoms with E-state index in [9.17, 15) is 10.1 Å². The summed E-state index contributed by atoms with van der Waals surface area (Å²) in [7, 11) is 1.54. The molecule has 30 heavy (non-hydrogen) atoms. The number of para-hydroxylation sites is 1. The average Bonchev–Trinajstić information content (AvgIpc) is 2.74. The molecule has 0 atom stereocenters. The van der Waals surface area contributed by atoms with Crippen LogP contribution < -0.4 is 14.2 Å². The molecule has 0 amide bonds. The van der Waals surface area contributed by atoms with E-state index in [0.717, 1.165) is 17.4 Å². The molecule has 9 nitrogen and oxygen atoms in total. The third-order valence-electron chi connectivity index (χ3n) is 4.24. The van der Waals surface area contributed by atoms with Gasteiger partial charge >= 0.3 is 17.4 Å². The highest BCUT2D eigenvalue weighted by atomic mass is 16.6. The molecule has 150 valence electrons. The van der Waals surface area contributed by atoms with Gasteiger partial charge in [0.25, 0.3) is 0 Å². The van der Waals surface area contributed by atoms with E-state index in [4.69, 9.17) is 14.2 Å². The van der Waals surface area contributed by atoms with Gasteiger partial charge in [0.2, 0.25) is 0 Å².